The summed E-state index contributed by atoms with van der Waals surface area (Å²) >= 11 is 1.41. The molecule has 0 spiro atoms. The molecule has 0 N–H and O–H groups in total. The lowest BCUT2D eigenvalue weighted by atomic mass is 10.0. The van der Waals surface area contributed by atoms with Gasteiger partial charge in [0.1, 0.15) is 11.5 Å². The largest absolute Gasteiger partial charge is 0.498 e. The summed E-state index contributed by atoms with van der Waals surface area (Å²) < 4.78 is 52.4. The molecule has 0 radical (unpaired) electrons. The maximum atomic E-state index is 13.7. The van der Waals surface area contributed by atoms with Gasteiger partial charge in [-0.3, -0.25) is 0 Å². The third-order valence-electron chi connectivity index (χ3n) is 3.76. The highest BCUT2D eigenvalue weighted by atomic mass is 32.1. The molecule has 3 rings (SSSR count). The van der Waals surface area contributed by atoms with Crippen molar-refractivity contribution in [3.05, 3.63) is 69.6 Å². The van der Waals surface area contributed by atoms with Crippen molar-refractivity contribution in [1.82, 2.24) is 4.98 Å². The smallest absolute Gasteiger partial charge is 0.234 e. The van der Waals surface area contributed by atoms with Crippen molar-refractivity contribution in [2.75, 3.05) is 0 Å². The van der Waals surface area contributed by atoms with E-state index in [1.54, 1.807) is 12.3 Å². The van der Waals surface area contributed by atoms with Gasteiger partial charge in [-0.05, 0) is 43.5 Å². The van der Waals surface area contributed by atoms with Gasteiger partial charge in [0, 0.05) is 16.2 Å². The highest BCUT2D eigenvalue weighted by molar-refractivity contribution is 7.09. The van der Waals surface area contributed by atoms with Gasteiger partial charge in [-0.15, -0.1) is 11.3 Å². The molecule has 2 heterocycles. The fourth-order valence-corrected chi connectivity index (χ4v) is 2.95. The molecule has 0 atom stereocenters. The maximum Gasteiger partial charge on any atom is 0.498 e. The van der Waals surface area contributed by atoms with Gasteiger partial charge in [0.25, 0.3) is 5.69 Å². The Morgan fingerprint density at radius 2 is 1.93 bits per heavy atom. The second-order valence-corrected chi connectivity index (χ2v) is 7.03. The van der Waals surface area contributed by atoms with Crippen LogP contribution in [0.2, 0.25) is 0 Å². The number of carbonyl (C=O) groups is 1. The number of halogens is 4. The van der Waals surface area contributed by atoms with E-state index in [0.717, 1.165) is 17.3 Å². The third-order valence-corrected chi connectivity index (χ3v) is 4.53. The lowest BCUT2D eigenvalue weighted by Crippen LogP contribution is -2.51. The summed E-state index contributed by atoms with van der Waals surface area (Å²) in [6, 6.07) is 6.77. The first kappa shape index (κ1) is 20.5. The fourth-order valence-electron chi connectivity index (χ4n) is 2.41. The first-order chi connectivity index (χ1) is 13.6. The number of alkyl halides is 3. The SMILES string of the molecule is Cc1nc(C#Cc2ccc(-c3cc(F)ccc3C)[n+](OC(=O)C(F)(F)F)c2)cs1. The number of carbonyl (C=O) groups excluding carboxylic acids is 1. The van der Waals surface area contributed by atoms with E-state index in [0.29, 0.717) is 16.0 Å². The Bertz CT molecular complexity index is 1140. The number of rotatable bonds is 2. The minimum Gasteiger partial charge on any atom is -0.234 e. The summed E-state index contributed by atoms with van der Waals surface area (Å²) in [5.41, 5.74) is 1.71. The van der Waals surface area contributed by atoms with Crippen LogP contribution in [0, 0.1) is 31.5 Å². The number of benzene rings is 1. The van der Waals surface area contributed by atoms with Crippen LogP contribution in [0.1, 0.15) is 21.8 Å². The summed E-state index contributed by atoms with van der Waals surface area (Å²) in [6.45, 7) is 3.47. The molecular weight excluding hydrogens is 408 g/mol. The molecule has 1 aromatic carbocycles. The highest BCUT2D eigenvalue weighted by Gasteiger charge is 2.45. The van der Waals surface area contributed by atoms with Gasteiger partial charge in [-0.2, -0.15) is 18.0 Å². The summed E-state index contributed by atoms with van der Waals surface area (Å²) in [6.07, 6.45) is -4.06. The minimum atomic E-state index is -5.19. The van der Waals surface area contributed by atoms with Crippen LogP contribution in [0.15, 0.2) is 41.9 Å². The van der Waals surface area contributed by atoms with E-state index in [1.165, 1.54) is 35.6 Å². The van der Waals surface area contributed by atoms with E-state index in [4.69, 9.17) is 0 Å². The van der Waals surface area contributed by atoms with E-state index in [2.05, 4.69) is 21.7 Å². The lowest BCUT2D eigenvalue weighted by molar-refractivity contribution is -0.862. The fraction of sp³-hybridized carbons (Fsp3) is 0.150. The summed E-state index contributed by atoms with van der Waals surface area (Å²) in [5, 5.41) is 2.56. The monoisotopic (exact) mass is 421 g/mol. The molecule has 0 saturated heterocycles. The number of aromatic nitrogens is 2. The number of pyridine rings is 1. The Balaban J connectivity index is 2.07. The predicted octanol–water partition coefficient (Wildman–Crippen LogP) is 3.77. The van der Waals surface area contributed by atoms with Gasteiger partial charge < -0.3 is 0 Å². The van der Waals surface area contributed by atoms with E-state index in [9.17, 15) is 22.4 Å². The first-order valence-corrected chi connectivity index (χ1v) is 9.07. The van der Waals surface area contributed by atoms with Crippen LogP contribution in [-0.4, -0.2) is 17.1 Å². The second kappa shape index (κ2) is 8.01. The second-order valence-electron chi connectivity index (χ2n) is 5.97. The van der Waals surface area contributed by atoms with Gasteiger partial charge >= 0.3 is 12.1 Å². The quantitative estimate of drug-likeness (QED) is 0.360. The Labute approximate surface area is 167 Å². The predicted molar refractivity (Wildman–Crippen MR) is 97.2 cm³/mol. The molecule has 148 valence electrons. The summed E-state index contributed by atoms with van der Waals surface area (Å²) in [7, 11) is 0. The lowest BCUT2D eigenvalue weighted by Gasteiger charge is -2.07. The molecule has 2 aromatic heterocycles. The van der Waals surface area contributed by atoms with Crippen LogP contribution in [0.5, 0.6) is 0 Å². The number of aryl methyl sites for hydroxylation is 2. The van der Waals surface area contributed by atoms with Crippen LogP contribution in [0.4, 0.5) is 17.6 Å². The van der Waals surface area contributed by atoms with E-state index < -0.39 is 18.0 Å². The minimum absolute atomic E-state index is 0.0645. The molecule has 0 bridgehead atoms. The topological polar surface area (TPSA) is 43.1 Å². The van der Waals surface area contributed by atoms with E-state index in [-0.39, 0.29) is 16.8 Å². The average Bonchev–Trinajstić information content (AvgIpc) is 3.07. The molecule has 0 aliphatic rings. The van der Waals surface area contributed by atoms with Crippen LogP contribution in [0.3, 0.4) is 0 Å². The Hall–Kier alpha value is -3.25. The maximum absolute atomic E-state index is 13.7. The van der Waals surface area contributed by atoms with Crippen molar-refractivity contribution in [2.24, 2.45) is 0 Å². The van der Waals surface area contributed by atoms with Crippen LogP contribution in [0.25, 0.3) is 11.3 Å². The standard InChI is InChI=1S/C20H13F4N2O2S/c1-12-3-6-15(21)9-17(12)18-8-5-14(4-7-16-11-29-13(2)25-16)10-26(18)28-19(27)20(22,23)24/h3,5-6,8-11H,1-2H3/q+1. The molecule has 0 amide bonds. The van der Waals surface area contributed by atoms with Gasteiger partial charge in [-0.1, -0.05) is 12.0 Å². The molecule has 0 unspecified atom stereocenters. The van der Waals surface area contributed by atoms with E-state index >= 15 is 0 Å². The number of hydrogen-bond donors (Lipinski definition) is 0. The first-order valence-electron chi connectivity index (χ1n) is 8.19. The summed E-state index contributed by atoms with van der Waals surface area (Å²) in [4.78, 5) is 20.1. The number of nitrogens with zero attached hydrogens (tertiary/aromatic N) is 2. The Morgan fingerprint density at radius 3 is 2.59 bits per heavy atom. The zero-order chi connectivity index (χ0) is 21.2. The summed E-state index contributed by atoms with van der Waals surface area (Å²) in [5.74, 6) is 2.56. The zero-order valence-corrected chi connectivity index (χ0v) is 16.0. The normalized spacial score (nSPS) is 11.0. The van der Waals surface area contributed by atoms with Crippen LogP contribution < -0.4 is 9.57 Å². The number of hydrogen-bond acceptors (Lipinski definition) is 4. The van der Waals surface area contributed by atoms with Crippen LogP contribution in [-0.2, 0) is 4.79 Å². The van der Waals surface area contributed by atoms with Gasteiger partial charge in [0.05, 0.1) is 16.1 Å². The van der Waals surface area contributed by atoms with Gasteiger partial charge in [-0.25, -0.2) is 14.2 Å². The third kappa shape index (κ3) is 4.97. The van der Waals surface area contributed by atoms with Crippen molar-refractivity contribution in [2.45, 2.75) is 20.0 Å². The van der Waals surface area contributed by atoms with Crippen molar-refractivity contribution in [1.29, 1.82) is 0 Å². The molecule has 4 nitrogen and oxygen atoms in total. The van der Waals surface area contributed by atoms with Gasteiger partial charge in [0.15, 0.2) is 0 Å². The average molecular weight is 421 g/mol. The number of thiazole rings is 1. The molecule has 0 fully saturated rings. The van der Waals surface area contributed by atoms with Crippen molar-refractivity contribution in [3.8, 4) is 23.1 Å². The van der Waals surface area contributed by atoms with Crippen LogP contribution >= 0.6 is 11.3 Å². The molecule has 0 saturated carbocycles. The molecule has 9 heteroatoms. The highest BCUT2D eigenvalue weighted by Crippen LogP contribution is 2.22. The Kier molecular flexibility index (Phi) is 5.66. The van der Waals surface area contributed by atoms with Crippen molar-refractivity contribution in [3.63, 3.8) is 0 Å². The van der Waals surface area contributed by atoms with Gasteiger partial charge in [0.2, 0.25) is 6.20 Å². The van der Waals surface area contributed by atoms with Crippen molar-refractivity contribution < 1.29 is 31.9 Å². The molecule has 29 heavy (non-hydrogen) atoms. The van der Waals surface area contributed by atoms with Crippen molar-refractivity contribution >= 4 is 17.3 Å². The molecule has 0 aliphatic carbocycles. The molecule has 3 aromatic rings. The Morgan fingerprint density at radius 1 is 1.17 bits per heavy atom. The molecule has 0 aliphatic heterocycles. The van der Waals surface area contributed by atoms with E-state index in [1.807, 2.05) is 6.92 Å². The zero-order valence-electron chi connectivity index (χ0n) is 15.2. The molecular formula is C20H13F4N2O2S+.